The van der Waals surface area contributed by atoms with Crippen LogP contribution in [0.15, 0.2) is 4.52 Å². The minimum absolute atomic E-state index is 0.261. The van der Waals surface area contributed by atoms with Gasteiger partial charge in [-0.15, -0.1) is 0 Å². The molecule has 2 heterocycles. The van der Waals surface area contributed by atoms with E-state index >= 15 is 0 Å². The number of hydrogen-bond acceptors (Lipinski definition) is 3. The number of aromatic nitrogens is 1. The molecule has 3 nitrogen and oxygen atoms in total. The van der Waals surface area contributed by atoms with Crippen LogP contribution in [0.2, 0.25) is 0 Å². The first-order valence-corrected chi connectivity index (χ1v) is 5.15. The zero-order chi connectivity index (χ0) is 10.6. The van der Waals surface area contributed by atoms with E-state index < -0.39 is 6.43 Å². The Kier molecular flexibility index (Phi) is 1.86. The lowest BCUT2D eigenvalue weighted by molar-refractivity contribution is 0.111. The van der Waals surface area contributed by atoms with Crippen LogP contribution in [0.3, 0.4) is 0 Å². The van der Waals surface area contributed by atoms with Crippen LogP contribution < -0.4 is 5.32 Å². The van der Waals surface area contributed by atoms with Gasteiger partial charge in [0, 0.05) is 11.5 Å². The first kappa shape index (κ1) is 9.27. The molecule has 3 atom stereocenters. The first-order chi connectivity index (χ1) is 7.20. The molecule has 1 aliphatic heterocycles. The third kappa shape index (κ3) is 1.22. The molecule has 0 aromatic carbocycles. The molecule has 0 radical (unpaired) electrons. The Labute approximate surface area is 85.8 Å². The fourth-order valence-corrected chi connectivity index (χ4v) is 2.70. The van der Waals surface area contributed by atoms with E-state index in [1.54, 1.807) is 6.92 Å². The van der Waals surface area contributed by atoms with Gasteiger partial charge in [0.15, 0.2) is 0 Å². The van der Waals surface area contributed by atoms with Gasteiger partial charge >= 0.3 is 0 Å². The third-order valence-corrected chi connectivity index (χ3v) is 3.60. The maximum Gasteiger partial charge on any atom is 0.298 e. The summed E-state index contributed by atoms with van der Waals surface area (Å²) in [6, 6.07) is 0. The number of piperidine rings is 1. The molecule has 82 valence electrons. The van der Waals surface area contributed by atoms with E-state index in [1.165, 1.54) is 0 Å². The van der Waals surface area contributed by atoms with E-state index in [9.17, 15) is 8.78 Å². The molecule has 1 aliphatic carbocycles. The van der Waals surface area contributed by atoms with Crippen LogP contribution in [0.5, 0.6) is 0 Å². The smallest absolute Gasteiger partial charge is 0.298 e. The van der Waals surface area contributed by atoms with Crippen LogP contribution in [0.1, 0.15) is 29.4 Å². The molecule has 0 amide bonds. The van der Waals surface area contributed by atoms with Crippen LogP contribution >= 0.6 is 0 Å². The lowest BCUT2D eigenvalue weighted by Crippen LogP contribution is -2.14. The number of fused-ring (bicyclic) bond motifs is 1. The Morgan fingerprint density at radius 2 is 2.07 bits per heavy atom. The zero-order valence-electron chi connectivity index (χ0n) is 8.34. The fraction of sp³-hybridized carbons (Fsp3) is 0.700. The number of alkyl halides is 2. The molecule has 1 saturated carbocycles. The Morgan fingerprint density at radius 3 is 2.60 bits per heavy atom. The van der Waals surface area contributed by atoms with Crippen molar-refractivity contribution < 1.29 is 13.3 Å². The highest BCUT2D eigenvalue weighted by Gasteiger charge is 2.55. The van der Waals surface area contributed by atoms with Gasteiger partial charge in [0.1, 0.15) is 0 Å². The molecular weight excluding hydrogens is 202 g/mol. The largest absolute Gasteiger partial charge is 0.355 e. The molecule has 1 saturated heterocycles. The van der Waals surface area contributed by atoms with Gasteiger partial charge in [0.2, 0.25) is 5.76 Å². The van der Waals surface area contributed by atoms with Crippen molar-refractivity contribution >= 4 is 0 Å². The lowest BCUT2D eigenvalue weighted by Gasteiger charge is -2.01. The Morgan fingerprint density at radius 1 is 1.40 bits per heavy atom. The van der Waals surface area contributed by atoms with Crippen molar-refractivity contribution in [1.29, 1.82) is 0 Å². The second kappa shape index (κ2) is 3.01. The SMILES string of the molecule is Cc1c([C@@H]2[C@@H]3CNC[C@@H]32)noc1C(F)F. The second-order valence-electron chi connectivity index (χ2n) is 4.37. The molecule has 1 aromatic rings. The maximum atomic E-state index is 12.5. The quantitative estimate of drug-likeness (QED) is 0.816. The summed E-state index contributed by atoms with van der Waals surface area (Å²) in [5.41, 5.74) is 1.30. The molecule has 2 aliphatic rings. The molecule has 5 heteroatoms. The summed E-state index contributed by atoms with van der Waals surface area (Å²) in [6.45, 7) is 3.63. The fourth-order valence-electron chi connectivity index (χ4n) is 2.70. The van der Waals surface area contributed by atoms with E-state index in [0.717, 1.165) is 18.8 Å². The molecular formula is C10H12F2N2O. The van der Waals surface area contributed by atoms with Crippen molar-refractivity contribution in [1.82, 2.24) is 10.5 Å². The van der Waals surface area contributed by atoms with Crippen molar-refractivity contribution in [2.45, 2.75) is 19.3 Å². The zero-order valence-corrected chi connectivity index (χ0v) is 8.34. The molecule has 2 fully saturated rings. The molecule has 0 bridgehead atoms. The summed E-state index contributed by atoms with van der Waals surface area (Å²) in [5.74, 6) is 1.25. The summed E-state index contributed by atoms with van der Waals surface area (Å²) in [5, 5.41) is 7.06. The topological polar surface area (TPSA) is 38.1 Å². The first-order valence-electron chi connectivity index (χ1n) is 5.15. The lowest BCUT2D eigenvalue weighted by atomic mass is 10.1. The number of nitrogens with zero attached hydrogens (tertiary/aromatic N) is 1. The molecule has 1 aromatic heterocycles. The second-order valence-corrected chi connectivity index (χ2v) is 4.37. The van der Waals surface area contributed by atoms with Crippen LogP contribution in [0, 0.1) is 18.8 Å². The Bertz CT molecular complexity index is 381. The molecule has 0 unspecified atom stereocenters. The van der Waals surface area contributed by atoms with Gasteiger partial charge in [0.05, 0.1) is 5.69 Å². The summed E-state index contributed by atoms with van der Waals surface area (Å²) in [7, 11) is 0. The summed E-state index contributed by atoms with van der Waals surface area (Å²) in [4.78, 5) is 0. The molecule has 0 spiro atoms. The van der Waals surface area contributed by atoms with Crippen LogP contribution in [-0.4, -0.2) is 18.2 Å². The van der Waals surface area contributed by atoms with Gasteiger partial charge < -0.3 is 9.84 Å². The van der Waals surface area contributed by atoms with Crippen LogP contribution in [0.4, 0.5) is 8.78 Å². The molecule has 3 rings (SSSR count). The monoisotopic (exact) mass is 214 g/mol. The average Bonchev–Trinajstić information content (AvgIpc) is 2.63. The maximum absolute atomic E-state index is 12.5. The van der Waals surface area contributed by atoms with Gasteiger partial charge in [-0.1, -0.05) is 5.16 Å². The van der Waals surface area contributed by atoms with E-state index in [2.05, 4.69) is 10.5 Å². The van der Waals surface area contributed by atoms with Crippen LogP contribution in [0.25, 0.3) is 0 Å². The molecule has 15 heavy (non-hydrogen) atoms. The van der Waals surface area contributed by atoms with Gasteiger partial charge in [-0.3, -0.25) is 0 Å². The molecule has 1 N–H and O–H groups in total. The minimum atomic E-state index is -2.55. The normalized spacial score (nSPS) is 33.5. The summed E-state index contributed by atoms with van der Waals surface area (Å²) in [6.07, 6.45) is -2.55. The number of hydrogen-bond donors (Lipinski definition) is 1. The standard InChI is InChI=1S/C10H12F2N2O/c1-4-8(14-15-9(4)10(11)12)7-5-2-13-3-6(5)7/h5-7,10,13H,2-3H2,1H3/t5-,6+,7-. The highest BCUT2D eigenvalue weighted by Crippen LogP contribution is 2.56. The van der Waals surface area contributed by atoms with Gasteiger partial charge in [-0.25, -0.2) is 8.78 Å². The predicted molar refractivity (Wildman–Crippen MR) is 48.8 cm³/mol. The number of nitrogens with one attached hydrogen (secondary N) is 1. The van der Waals surface area contributed by atoms with E-state index in [0.29, 0.717) is 23.3 Å². The Hall–Kier alpha value is -0.970. The van der Waals surface area contributed by atoms with Gasteiger partial charge in [0.25, 0.3) is 6.43 Å². The van der Waals surface area contributed by atoms with E-state index in [4.69, 9.17) is 4.52 Å². The van der Waals surface area contributed by atoms with Gasteiger partial charge in [-0.2, -0.15) is 0 Å². The van der Waals surface area contributed by atoms with Crippen molar-refractivity contribution in [3.8, 4) is 0 Å². The van der Waals surface area contributed by atoms with Crippen molar-refractivity contribution in [3.63, 3.8) is 0 Å². The van der Waals surface area contributed by atoms with Crippen molar-refractivity contribution in [2.24, 2.45) is 11.8 Å². The summed E-state index contributed by atoms with van der Waals surface area (Å²) < 4.78 is 29.6. The third-order valence-electron chi connectivity index (χ3n) is 3.60. The Balaban J connectivity index is 1.88. The highest BCUT2D eigenvalue weighted by molar-refractivity contribution is 5.32. The van der Waals surface area contributed by atoms with E-state index in [-0.39, 0.29) is 5.76 Å². The van der Waals surface area contributed by atoms with Crippen molar-refractivity contribution in [2.75, 3.05) is 13.1 Å². The van der Waals surface area contributed by atoms with Gasteiger partial charge in [-0.05, 0) is 31.8 Å². The number of halogens is 2. The highest BCUT2D eigenvalue weighted by atomic mass is 19.3. The summed E-state index contributed by atoms with van der Waals surface area (Å²) >= 11 is 0. The minimum Gasteiger partial charge on any atom is -0.355 e. The van der Waals surface area contributed by atoms with Crippen LogP contribution in [-0.2, 0) is 0 Å². The number of rotatable bonds is 2. The predicted octanol–water partition coefficient (Wildman–Crippen LogP) is 1.85. The van der Waals surface area contributed by atoms with E-state index in [1.807, 2.05) is 0 Å². The average molecular weight is 214 g/mol. The van der Waals surface area contributed by atoms with Crippen molar-refractivity contribution in [3.05, 3.63) is 17.0 Å².